The molecule has 1 amide bonds. The van der Waals surface area contributed by atoms with Crippen LogP contribution in [0.15, 0.2) is 59.5 Å². The van der Waals surface area contributed by atoms with E-state index in [0.29, 0.717) is 6.54 Å². The van der Waals surface area contributed by atoms with Crippen LogP contribution in [0.25, 0.3) is 0 Å². The lowest BCUT2D eigenvalue weighted by Gasteiger charge is -2.34. The summed E-state index contributed by atoms with van der Waals surface area (Å²) in [7, 11) is 2.43. The van der Waals surface area contributed by atoms with Crippen LogP contribution in [-0.4, -0.2) is 37.3 Å². The number of hydrogen-bond acceptors (Lipinski definition) is 6. The normalized spacial score (nSPS) is 15.9. The molecule has 1 aliphatic rings. The molecule has 0 aliphatic carbocycles. The van der Waals surface area contributed by atoms with Crippen LogP contribution in [0.3, 0.4) is 0 Å². The van der Waals surface area contributed by atoms with Crippen molar-refractivity contribution in [3.05, 3.63) is 60.2 Å². The Hall–Kier alpha value is -2.80. The molecule has 3 rings (SSSR count). The fourth-order valence-electron chi connectivity index (χ4n) is 3.14. The van der Waals surface area contributed by atoms with E-state index in [1.165, 1.54) is 26.0 Å². The number of hydrogen-bond donors (Lipinski definition) is 0. The Balaban J connectivity index is 1.90. The van der Waals surface area contributed by atoms with Crippen molar-refractivity contribution in [2.75, 3.05) is 19.1 Å². The van der Waals surface area contributed by atoms with Crippen LogP contribution < -0.4 is 4.90 Å². The molecule has 0 spiro atoms. The van der Waals surface area contributed by atoms with E-state index in [0.717, 1.165) is 16.1 Å². The van der Waals surface area contributed by atoms with Crippen LogP contribution in [0.4, 0.5) is 5.69 Å². The van der Waals surface area contributed by atoms with Gasteiger partial charge in [-0.05, 0) is 24.1 Å². The van der Waals surface area contributed by atoms with E-state index in [9.17, 15) is 14.4 Å². The van der Waals surface area contributed by atoms with Gasteiger partial charge >= 0.3 is 11.9 Å². The largest absolute Gasteiger partial charge is 0.468 e. The van der Waals surface area contributed by atoms with Gasteiger partial charge in [-0.2, -0.15) is 0 Å². The lowest BCUT2D eigenvalue weighted by molar-refractivity contribution is -0.159. The van der Waals surface area contributed by atoms with Gasteiger partial charge < -0.3 is 14.4 Å². The summed E-state index contributed by atoms with van der Waals surface area (Å²) >= 11 is 1.36. The van der Waals surface area contributed by atoms with Crippen LogP contribution in [0.1, 0.15) is 12.0 Å². The minimum Gasteiger partial charge on any atom is -0.468 e. The Bertz CT molecular complexity index is 854. The van der Waals surface area contributed by atoms with Crippen LogP contribution in [0.2, 0.25) is 0 Å². The number of nitrogens with zero attached hydrogens (tertiary/aromatic N) is 1. The van der Waals surface area contributed by atoms with E-state index in [-0.39, 0.29) is 12.3 Å². The number of carbonyl (C=O) groups excluding carboxylic acids is 3. The highest BCUT2D eigenvalue weighted by atomic mass is 32.2. The highest BCUT2D eigenvalue weighted by Crippen LogP contribution is 2.42. The molecular formula is C21H21NO5S. The first-order valence-electron chi connectivity index (χ1n) is 8.81. The van der Waals surface area contributed by atoms with Crippen molar-refractivity contribution in [1.29, 1.82) is 0 Å². The van der Waals surface area contributed by atoms with Crippen LogP contribution in [-0.2, 0) is 30.4 Å². The van der Waals surface area contributed by atoms with Gasteiger partial charge in [0.2, 0.25) is 5.91 Å². The van der Waals surface area contributed by atoms with E-state index < -0.39 is 23.1 Å². The molecule has 7 heteroatoms. The molecule has 6 nitrogen and oxygen atoms in total. The minimum atomic E-state index is -1.14. The molecule has 28 heavy (non-hydrogen) atoms. The number of benzene rings is 2. The molecule has 0 fully saturated rings. The Morgan fingerprint density at radius 1 is 1.00 bits per heavy atom. The van der Waals surface area contributed by atoms with Crippen molar-refractivity contribution in [1.82, 2.24) is 0 Å². The molecule has 2 aromatic carbocycles. The summed E-state index contributed by atoms with van der Waals surface area (Å²) in [6.45, 7) is 0.412. The zero-order valence-corrected chi connectivity index (χ0v) is 16.5. The number of ether oxygens (including phenoxy) is 2. The number of anilines is 1. The van der Waals surface area contributed by atoms with Crippen molar-refractivity contribution < 1.29 is 23.9 Å². The Kier molecular flexibility index (Phi) is 6.36. The Morgan fingerprint density at radius 3 is 2.25 bits per heavy atom. The van der Waals surface area contributed by atoms with E-state index in [1.54, 1.807) is 4.90 Å². The van der Waals surface area contributed by atoms with Crippen molar-refractivity contribution >= 4 is 35.3 Å². The molecule has 2 aromatic rings. The minimum absolute atomic E-state index is 0.0163. The standard InChI is InChI=1S/C21H21NO5S/c1-26-20(24)15(21(25)27-2)12-18-19(23)22(13-14-8-4-3-5-9-14)16-10-6-7-11-17(16)28-18/h3-11,15,18H,12-13H2,1-2H3. The zero-order chi connectivity index (χ0) is 20.1. The van der Waals surface area contributed by atoms with E-state index in [2.05, 4.69) is 0 Å². The fourth-order valence-corrected chi connectivity index (χ4v) is 4.42. The van der Waals surface area contributed by atoms with Crippen molar-refractivity contribution in [3.8, 4) is 0 Å². The summed E-state index contributed by atoms with van der Waals surface area (Å²) in [6, 6.07) is 17.3. The lowest BCUT2D eigenvalue weighted by atomic mass is 10.0. The van der Waals surface area contributed by atoms with Gasteiger partial charge in [-0.1, -0.05) is 42.5 Å². The number of methoxy groups -OCH3 is 2. The maximum atomic E-state index is 13.3. The molecule has 0 saturated carbocycles. The number of fused-ring (bicyclic) bond motifs is 1. The van der Waals surface area contributed by atoms with Gasteiger partial charge in [-0.15, -0.1) is 11.8 Å². The SMILES string of the molecule is COC(=O)C(CC1Sc2ccccc2N(Cc2ccccc2)C1=O)C(=O)OC. The molecule has 1 aliphatic heterocycles. The smallest absolute Gasteiger partial charge is 0.320 e. The number of thioether (sulfide) groups is 1. The molecule has 1 atom stereocenters. The molecular weight excluding hydrogens is 378 g/mol. The number of carbonyl (C=O) groups is 3. The predicted octanol–water partition coefficient (Wildman–Crippen LogP) is 3.05. The summed E-state index contributed by atoms with van der Waals surface area (Å²) in [5, 5.41) is -0.596. The summed E-state index contributed by atoms with van der Waals surface area (Å²) in [5.41, 5.74) is 1.82. The second kappa shape index (κ2) is 8.93. The van der Waals surface area contributed by atoms with Gasteiger partial charge in [0.05, 0.1) is 31.7 Å². The Morgan fingerprint density at radius 2 is 1.61 bits per heavy atom. The van der Waals surface area contributed by atoms with Gasteiger partial charge in [0.1, 0.15) is 0 Å². The van der Waals surface area contributed by atoms with E-state index in [4.69, 9.17) is 9.47 Å². The number of para-hydroxylation sites is 1. The predicted molar refractivity (Wildman–Crippen MR) is 106 cm³/mol. The molecule has 0 aromatic heterocycles. The number of rotatable bonds is 6. The maximum absolute atomic E-state index is 13.3. The Labute approximate surface area is 167 Å². The topological polar surface area (TPSA) is 72.9 Å². The molecule has 0 bridgehead atoms. The average molecular weight is 399 g/mol. The average Bonchev–Trinajstić information content (AvgIpc) is 2.74. The summed E-state index contributed by atoms with van der Waals surface area (Å²) < 4.78 is 9.46. The van der Waals surface area contributed by atoms with Crippen molar-refractivity contribution in [2.45, 2.75) is 23.1 Å². The maximum Gasteiger partial charge on any atom is 0.320 e. The van der Waals surface area contributed by atoms with E-state index >= 15 is 0 Å². The van der Waals surface area contributed by atoms with Crippen LogP contribution in [0, 0.1) is 5.92 Å². The summed E-state index contributed by atoms with van der Waals surface area (Å²) in [5.74, 6) is -2.69. The first kappa shape index (κ1) is 19.9. The van der Waals surface area contributed by atoms with Gasteiger partial charge in [-0.25, -0.2) is 0 Å². The molecule has 0 radical (unpaired) electrons. The fraction of sp³-hybridized carbons (Fsp3) is 0.286. The second-order valence-corrected chi connectivity index (χ2v) is 7.56. The van der Waals surface area contributed by atoms with Gasteiger partial charge in [0.25, 0.3) is 0 Å². The van der Waals surface area contributed by atoms with Crippen LogP contribution in [0.5, 0.6) is 0 Å². The number of esters is 2. The first-order chi connectivity index (χ1) is 13.5. The van der Waals surface area contributed by atoms with Gasteiger partial charge in [0, 0.05) is 4.90 Å². The van der Waals surface area contributed by atoms with Crippen molar-refractivity contribution in [2.24, 2.45) is 5.92 Å². The van der Waals surface area contributed by atoms with E-state index in [1.807, 2.05) is 54.6 Å². The molecule has 1 unspecified atom stereocenters. The molecule has 146 valence electrons. The lowest BCUT2D eigenvalue weighted by Crippen LogP contribution is -2.43. The second-order valence-electron chi connectivity index (χ2n) is 6.32. The number of amides is 1. The van der Waals surface area contributed by atoms with Crippen molar-refractivity contribution in [3.63, 3.8) is 0 Å². The quantitative estimate of drug-likeness (QED) is 0.549. The highest BCUT2D eigenvalue weighted by Gasteiger charge is 2.39. The highest BCUT2D eigenvalue weighted by molar-refractivity contribution is 8.01. The third-order valence-electron chi connectivity index (χ3n) is 4.57. The molecule has 1 heterocycles. The summed E-state index contributed by atoms with van der Waals surface area (Å²) in [6.07, 6.45) is 0.0163. The third-order valence-corrected chi connectivity index (χ3v) is 5.85. The van der Waals surface area contributed by atoms with Crippen LogP contribution >= 0.6 is 11.8 Å². The monoisotopic (exact) mass is 399 g/mol. The van der Waals surface area contributed by atoms with Gasteiger partial charge in [-0.3, -0.25) is 14.4 Å². The third kappa shape index (κ3) is 4.20. The first-order valence-corrected chi connectivity index (χ1v) is 9.69. The summed E-state index contributed by atoms with van der Waals surface area (Å²) in [4.78, 5) is 40.0. The molecule has 0 saturated heterocycles. The van der Waals surface area contributed by atoms with Gasteiger partial charge in [0.15, 0.2) is 5.92 Å². The molecule has 0 N–H and O–H groups in total. The zero-order valence-electron chi connectivity index (χ0n) is 15.7.